The maximum Gasteiger partial charge on any atom is 0.242 e. The van der Waals surface area contributed by atoms with Crippen molar-refractivity contribution in [3.8, 4) is 0 Å². The highest BCUT2D eigenvalue weighted by atomic mass is 32.2. The van der Waals surface area contributed by atoms with Gasteiger partial charge in [-0.2, -0.15) is 0 Å². The van der Waals surface area contributed by atoms with Gasteiger partial charge in [-0.3, -0.25) is 13.9 Å². The summed E-state index contributed by atoms with van der Waals surface area (Å²) in [4.78, 5) is 27.4. The molecule has 0 saturated heterocycles. The van der Waals surface area contributed by atoms with Crippen molar-refractivity contribution in [2.24, 2.45) is 0 Å². The maximum atomic E-state index is 13.3. The number of amides is 2. The molecule has 0 unspecified atom stereocenters. The number of benzene rings is 2. The van der Waals surface area contributed by atoms with E-state index in [0.717, 1.165) is 16.7 Å². The summed E-state index contributed by atoms with van der Waals surface area (Å²) in [5.74, 6) is -0.385. The van der Waals surface area contributed by atoms with E-state index in [1.54, 1.807) is 24.1 Å². The van der Waals surface area contributed by atoms with Crippen molar-refractivity contribution in [3.63, 3.8) is 0 Å². The van der Waals surface area contributed by atoms with Gasteiger partial charge in [-0.25, -0.2) is 8.42 Å². The molecule has 2 aromatic rings. The molecule has 2 aromatic carbocycles. The van der Waals surface area contributed by atoms with Gasteiger partial charge in [0.1, 0.15) is 6.04 Å². The van der Waals surface area contributed by atoms with Crippen molar-refractivity contribution >= 4 is 27.5 Å². The zero-order chi connectivity index (χ0) is 24.6. The molecular weight excluding hydrogens is 438 g/mol. The number of anilines is 1. The number of hydrogen-bond donors (Lipinski definition) is 1. The Morgan fingerprint density at radius 1 is 1.00 bits per heavy atom. The normalized spacial score (nSPS) is 12.2. The highest BCUT2D eigenvalue weighted by Crippen LogP contribution is 2.23. The van der Waals surface area contributed by atoms with Crippen LogP contribution in [0.25, 0.3) is 0 Å². The van der Waals surface area contributed by atoms with Crippen molar-refractivity contribution in [3.05, 3.63) is 65.2 Å². The van der Waals surface area contributed by atoms with E-state index in [2.05, 4.69) is 5.32 Å². The summed E-state index contributed by atoms with van der Waals surface area (Å²) < 4.78 is 26.2. The third kappa shape index (κ3) is 7.05. The van der Waals surface area contributed by atoms with Crippen LogP contribution in [0, 0.1) is 13.8 Å². The summed E-state index contributed by atoms with van der Waals surface area (Å²) in [6.45, 7) is 6.22. The summed E-state index contributed by atoms with van der Waals surface area (Å²) in [5.41, 5.74) is 3.48. The second-order valence-electron chi connectivity index (χ2n) is 8.21. The highest BCUT2D eigenvalue weighted by molar-refractivity contribution is 7.92. The van der Waals surface area contributed by atoms with Crippen molar-refractivity contribution in [2.45, 2.75) is 52.6 Å². The Hall–Kier alpha value is -2.87. The lowest BCUT2D eigenvalue weighted by molar-refractivity contribution is -0.141. The SMILES string of the molecule is CC[C@H](C(=O)NC)N(Cc1ccccc1C)C(=O)CCCN(c1ccccc1C)S(C)(=O)=O. The molecule has 0 aliphatic carbocycles. The Balaban J connectivity index is 2.21. The molecule has 0 saturated carbocycles. The molecule has 0 aliphatic heterocycles. The number of nitrogens with zero attached hydrogens (tertiary/aromatic N) is 2. The monoisotopic (exact) mass is 473 g/mol. The minimum absolute atomic E-state index is 0.136. The van der Waals surface area contributed by atoms with E-state index < -0.39 is 16.1 Å². The zero-order valence-corrected chi connectivity index (χ0v) is 21.0. The van der Waals surface area contributed by atoms with Gasteiger partial charge < -0.3 is 10.2 Å². The smallest absolute Gasteiger partial charge is 0.242 e. The first-order valence-electron chi connectivity index (χ1n) is 11.2. The molecule has 2 rings (SSSR count). The van der Waals surface area contributed by atoms with Gasteiger partial charge in [0, 0.05) is 26.6 Å². The number of carbonyl (C=O) groups is 2. The molecule has 0 fully saturated rings. The standard InChI is InChI=1S/C25H35N3O4S/c1-6-22(25(30)26-4)27(18-21-14-9-7-12-19(21)2)24(29)16-11-17-28(33(5,31)32)23-15-10-8-13-20(23)3/h7-10,12-15,22H,6,11,16-18H2,1-5H3,(H,26,30)/t22-/m1/s1. The molecule has 1 atom stereocenters. The summed E-state index contributed by atoms with van der Waals surface area (Å²) in [6.07, 6.45) is 2.13. The fraction of sp³-hybridized carbons (Fsp3) is 0.440. The van der Waals surface area contributed by atoms with Crippen LogP contribution in [0.4, 0.5) is 5.69 Å². The van der Waals surface area contributed by atoms with E-state index >= 15 is 0 Å². The fourth-order valence-corrected chi connectivity index (χ4v) is 4.91. The molecule has 33 heavy (non-hydrogen) atoms. The Morgan fingerprint density at radius 3 is 2.15 bits per heavy atom. The van der Waals surface area contributed by atoms with Crippen LogP contribution in [0.1, 0.15) is 42.9 Å². The third-order valence-electron chi connectivity index (χ3n) is 5.77. The quantitative estimate of drug-likeness (QED) is 0.542. The molecule has 0 aromatic heterocycles. The summed E-state index contributed by atoms with van der Waals surface area (Å²) in [6, 6.07) is 14.5. The van der Waals surface area contributed by atoms with Crippen molar-refractivity contribution < 1.29 is 18.0 Å². The van der Waals surface area contributed by atoms with Crippen LogP contribution in [0.2, 0.25) is 0 Å². The number of hydrogen-bond acceptors (Lipinski definition) is 4. The lowest BCUT2D eigenvalue weighted by Crippen LogP contribution is -2.48. The van der Waals surface area contributed by atoms with Gasteiger partial charge in [0.05, 0.1) is 11.9 Å². The Bertz CT molecular complexity index is 1070. The average molecular weight is 474 g/mol. The van der Waals surface area contributed by atoms with E-state index in [1.807, 2.05) is 57.2 Å². The van der Waals surface area contributed by atoms with Crippen molar-refractivity contribution in [1.29, 1.82) is 0 Å². The zero-order valence-electron chi connectivity index (χ0n) is 20.2. The Morgan fingerprint density at radius 2 is 1.61 bits per heavy atom. The van der Waals surface area contributed by atoms with Crippen LogP contribution in [0.3, 0.4) is 0 Å². The predicted octanol–water partition coefficient (Wildman–Crippen LogP) is 3.40. The molecular formula is C25H35N3O4S. The molecule has 7 nitrogen and oxygen atoms in total. The first-order valence-corrected chi connectivity index (χ1v) is 13.0. The van der Waals surface area contributed by atoms with Crippen molar-refractivity contribution in [1.82, 2.24) is 10.2 Å². The average Bonchev–Trinajstić information content (AvgIpc) is 2.77. The van der Waals surface area contributed by atoms with Crippen LogP contribution < -0.4 is 9.62 Å². The molecule has 0 radical (unpaired) electrons. The lowest BCUT2D eigenvalue weighted by atomic mass is 10.1. The van der Waals surface area contributed by atoms with E-state index in [0.29, 0.717) is 25.1 Å². The fourth-order valence-electron chi connectivity index (χ4n) is 3.88. The van der Waals surface area contributed by atoms with Gasteiger partial charge in [-0.1, -0.05) is 49.4 Å². The minimum atomic E-state index is -3.51. The number of carbonyl (C=O) groups excluding carboxylic acids is 2. The first kappa shape index (κ1) is 26.4. The summed E-state index contributed by atoms with van der Waals surface area (Å²) in [5, 5.41) is 2.65. The van der Waals surface area contributed by atoms with Crippen LogP contribution in [-0.4, -0.2) is 51.0 Å². The van der Waals surface area contributed by atoms with Gasteiger partial charge in [0.15, 0.2) is 0 Å². The number of likely N-dealkylation sites (N-methyl/N-ethyl adjacent to an activating group) is 1. The van der Waals surface area contributed by atoms with Crippen LogP contribution in [0.15, 0.2) is 48.5 Å². The number of sulfonamides is 1. The van der Waals surface area contributed by atoms with Crippen LogP contribution in [0.5, 0.6) is 0 Å². The molecule has 0 heterocycles. The second kappa shape index (κ2) is 11.8. The molecule has 8 heteroatoms. The summed E-state index contributed by atoms with van der Waals surface area (Å²) in [7, 11) is -1.94. The van der Waals surface area contributed by atoms with Gasteiger partial charge >= 0.3 is 0 Å². The number of aryl methyl sites for hydroxylation is 2. The van der Waals surface area contributed by atoms with Crippen LogP contribution in [-0.2, 0) is 26.2 Å². The number of para-hydroxylation sites is 1. The largest absolute Gasteiger partial charge is 0.357 e. The lowest BCUT2D eigenvalue weighted by Gasteiger charge is -2.31. The highest BCUT2D eigenvalue weighted by Gasteiger charge is 2.28. The first-order chi connectivity index (χ1) is 15.6. The number of nitrogens with one attached hydrogen (secondary N) is 1. The molecule has 0 spiro atoms. The van der Waals surface area contributed by atoms with Gasteiger partial charge in [0.25, 0.3) is 0 Å². The van der Waals surface area contributed by atoms with Gasteiger partial charge in [0.2, 0.25) is 21.8 Å². The topological polar surface area (TPSA) is 86.8 Å². The van der Waals surface area contributed by atoms with Gasteiger partial charge in [-0.05, 0) is 49.4 Å². The van der Waals surface area contributed by atoms with E-state index in [1.165, 1.54) is 10.6 Å². The number of rotatable bonds is 11. The summed E-state index contributed by atoms with van der Waals surface area (Å²) >= 11 is 0. The molecule has 1 N–H and O–H groups in total. The Labute approximate surface area is 197 Å². The third-order valence-corrected chi connectivity index (χ3v) is 6.95. The van der Waals surface area contributed by atoms with E-state index in [9.17, 15) is 18.0 Å². The van der Waals surface area contributed by atoms with Gasteiger partial charge in [-0.15, -0.1) is 0 Å². The predicted molar refractivity (Wildman–Crippen MR) is 132 cm³/mol. The molecule has 0 aliphatic rings. The second-order valence-corrected chi connectivity index (χ2v) is 10.1. The van der Waals surface area contributed by atoms with Crippen LogP contribution >= 0.6 is 0 Å². The molecule has 180 valence electrons. The minimum Gasteiger partial charge on any atom is -0.357 e. The molecule has 2 amide bonds. The maximum absolute atomic E-state index is 13.3. The van der Waals surface area contributed by atoms with E-state index in [-0.39, 0.29) is 24.8 Å². The van der Waals surface area contributed by atoms with E-state index in [4.69, 9.17) is 0 Å². The Kier molecular flexibility index (Phi) is 9.46. The van der Waals surface area contributed by atoms with Crippen molar-refractivity contribution in [2.75, 3.05) is 24.2 Å². The molecule has 0 bridgehead atoms.